The first-order valence-corrected chi connectivity index (χ1v) is 7.01. The third-order valence-electron chi connectivity index (χ3n) is 3.85. The van der Waals surface area contributed by atoms with Crippen molar-refractivity contribution in [2.75, 3.05) is 7.11 Å². The standard InChI is InChI=1S/C16H18N4O/c1-21-16(17)20-13-6-5-11-3-2-4-14(15(11)7-13)12-8-18-10-19-9-12/h2-4,8-10,13H,5-7H2,1H3,(H2,17,20). The molecule has 108 valence electrons. The molecule has 0 bridgehead atoms. The maximum absolute atomic E-state index is 5.68. The largest absolute Gasteiger partial charge is 0.469 e. The van der Waals surface area contributed by atoms with E-state index in [1.165, 1.54) is 16.7 Å². The van der Waals surface area contributed by atoms with Gasteiger partial charge < -0.3 is 10.5 Å². The van der Waals surface area contributed by atoms with Crippen molar-refractivity contribution >= 4 is 6.02 Å². The van der Waals surface area contributed by atoms with Gasteiger partial charge >= 0.3 is 0 Å². The monoisotopic (exact) mass is 282 g/mol. The molecule has 5 heteroatoms. The Balaban J connectivity index is 1.97. The van der Waals surface area contributed by atoms with E-state index in [1.807, 2.05) is 12.4 Å². The molecule has 0 aliphatic heterocycles. The second kappa shape index (κ2) is 5.91. The molecule has 0 radical (unpaired) electrons. The number of fused-ring (bicyclic) bond motifs is 1. The van der Waals surface area contributed by atoms with Crippen LogP contribution in [0.3, 0.4) is 0 Å². The van der Waals surface area contributed by atoms with Crippen molar-refractivity contribution in [3.63, 3.8) is 0 Å². The average Bonchev–Trinajstić information content (AvgIpc) is 2.55. The van der Waals surface area contributed by atoms with Crippen molar-refractivity contribution in [3.8, 4) is 11.1 Å². The molecule has 1 atom stereocenters. The molecule has 5 nitrogen and oxygen atoms in total. The number of benzene rings is 1. The highest BCUT2D eigenvalue weighted by molar-refractivity contribution is 5.72. The van der Waals surface area contributed by atoms with E-state index in [2.05, 4.69) is 33.2 Å². The predicted octanol–water partition coefficient (Wildman–Crippen LogP) is 1.96. The van der Waals surface area contributed by atoms with E-state index in [0.717, 1.165) is 24.8 Å². The van der Waals surface area contributed by atoms with E-state index in [0.29, 0.717) is 0 Å². The summed E-state index contributed by atoms with van der Waals surface area (Å²) in [7, 11) is 1.54. The molecule has 1 aromatic carbocycles. The van der Waals surface area contributed by atoms with Crippen LogP contribution in [0.2, 0.25) is 0 Å². The average molecular weight is 282 g/mol. The molecule has 2 N–H and O–H groups in total. The van der Waals surface area contributed by atoms with Gasteiger partial charge in [0.1, 0.15) is 6.33 Å². The smallest absolute Gasteiger partial charge is 0.281 e. The number of hydrogen-bond donors (Lipinski definition) is 1. The van der Waals surface area contributed by atoms with Crippen LogP contribution in [0.15, 0.2) is 41.9 Å². The minimum atomic E-state index is 0.170. The van der Waals surface area contributed by atoms with Gasteiger partial charge in [0.05, 0.1) is 13.2 Å². The van der Waals surface area contributed by atoms with E-state index < -0.39 is 0 Å². The van der Waals surface area contributed by atoms with Gasteiger partial charge in [0.2, 0.25) is 0 Å². The third-order valence-corrected chi connectivity index (χ3v) is 3.85. The van der Waals surface area contributed by atoms with Crippen LogP contribution >= 0.6 is 0 Å². The fourth-order valence-corrected chi connectivity index (χ4v) is 2.82. The minimum Gasteiger partial charge on any atom is -0.469 e. The van der Waals surface area contributed by atoms with Gasteiger partial charge in [0.25, 0.3) is 6.02 Å². The van der Waals surface area contributed by atoms with Gasteiger partial charge in [0, 0.05) is 18.0 Å². The minimum absolute atomic E-state index is 0.170. The predicted molar refractivity (Wildman–Crippen MR) is 81.9 cm³/mol. The summed E-state index contributed by atoms with van der Waals surface area (Å²) in [5.41, 5.74) is 10.6. The van der Waals surface area contributed by atoms with Crippen molar-refractivity contribution in [1.29, 1.82) is 0 Å². The van der Waals surface area contributed by atoms with E-state index in [4.69, 9.17) is 10.5 Å². The van der Waals surface area contributed by atoms with Crippen molar-refractivity contribution in [2.24, 2.45) is 10.7 Å². The molecule has 21 heavy (non-hydrogen) atoms. The van der Waals surface area contributed by atoms with Gasteiger partial charge in [-0.15, -0.1) is 0 Å². The third kappa shape index (κ3) is 2.86. The van der Waals surface area contributed by atoms with Gasteiger partial charge in [-0.1, -0.05) is 18.2 Å². The van der Waals surface area contributed by atoms with Crippen LogP contribution in [0.1, 0.15) is 17.5 Å². The van der Waals surface area contributed by atoms with Crippen molar-refractivity contribution in [3.05, 3.63) is 48.0 Å². The zero-order chi connectivity index (χ0) is 14.7. The van der Waals surface area contributed by atoms with Gasteiger partial charge in [-0.3, -0.25) is 0 Å². The van der Waals surface area contributed by atoms with Crippen LogP contribution in [0.25, 0.3) is 11.1 Å². The molecule has 0 spiro atoms. The second-order valence-electron chi connectivity index (χ2n) is 5.14. The summed E-state index contributed by atoms with van der Waals surface area (Å²) < 4.78 is 4.96. The Kier molecular flexibility index (Phi) is 3.81. The molecule has 0 saturated heterocycles. The Bertz CT molecular complexity index is 655. The summed E-state index contributed by atoms with van der Waals surface area (Å²) in [6.07, 6.45) is 8.10. The van der Waals surface area contributed by atoms with Crippen LogP contribution in [-0.4, -0.2) is 29.1 Å². The fraction of sp³-hybridized carbons (Fsp3) is 0.312. The van der Waals surface area contributed by atoms with Crippen molar-refractivity contribution in [1.82, 2.24) is 9.97 Å². The van der Waals surface area contributed by atoms with Crippen LogP contribution in [0.5, 0.6) is 0 Å². The summed E-state index contributed by atoms with van der Waals surface area (Å²) in [6, 6.07) is 6.81. The zero-order valence-electron chi connectivity index (χ0n) is 12.0. The van der Waals surface area contributed by atoms with E-state index >= 15 is 0 Å². The molecular formula is C16H18N4O. The Morgan fingerprint density at radius 3 is 2.90 bits per heavy atom. The molecule has 1 aromatic heterocycles. The molecule has 0 amide bonds. The summed E-state index contributed by atoms with van der Waals surface area (Å²) in [4.78, 5) is 12.7. The highest BCUT2D eigenvalue weighted by atomic mass is 16.5. The van der Waals surface area contributed by atoms with Gasteiger partial charge in [-0.25, -0.2) is 15.0 Å². The molecule has 2 aromatic rings. The molecule has 1 aliphatic rings. The maximum atomic E-state index is 5.68. The first-order valence-electron chi connectivity index (χ1n) is 7.01. The Hall–Kier alpha value is -2.43. The number of hydrogen-bond acceptors (Lipinski definition) is 4. The lowest BCUT2D eigenvalue weighted by Gasteiger charge is -2.24. The summed E-state index contributed by atoms with van der Waals surface area (Å²) in [5, 5.41) is 0. The number of ether oxygens (including phenoxy) is 1. The molecule has 0 saturated carbocycles. The lowest BCUT2D eigenvalue weighted by atomic mass is 9.84. The summed E-state index contributed by atoms with van der Waals surface area (Å²) in [5.74, 6) is 0. The van der Waals surface area contributed by atoms with Crippen LogP contribution in [0, 0.1) is 0 Å². The molecular weight excluding hydrogens is 264 g/mol. The Morgan fingerprint density at radius 2 is 2.14 bits per heavy atom. The van der Waals surface area contributed by atoms with Crippen molar-refractivity contribution in [2.45, 2.75) is 25.3 Å². The number of methoxy groups -OCH3 is 1. The number of amidine groups is 1. The Labute approximate surface area is 123 Å². The lowest BCUT2D eigenvalue weighted by molar-refractivity contribution is 0.388. The topological polar surface area (TPSA) is 73.4 Å². The quantitative estimate of drug-likeness (QED) is 0.675. The highest BCUT2D eigenvalue weighted by Crippen LogP contribution is 2.31. The maximum Gasteiger partial charge on any atom is 0.281 e. The number of nitrogens with two attached hydrogens (primary N) is 1. The van der Waals surface area contributed by atoms with E-state index in [1.54, 1.807) is 13.4 Å². The van der Waals surface area contributed by atoms with Gasteiger partial charge in [0.15, 0.2) is 0 Å². The molecule has 0 fully saturated rings. The molecule has 1 aliphatic carbocycles. The Morgan fingerprint density at radius 1 is 1.33 bits per heavy atom. The highest BCUT2D eigenvalue weighted by Gasteiger charge is 2.21. The lowest BCUT2D eigenvalue weighted by Crippen LogP contribution is -2.23. The van der Waals surface area contributed by atoms with Crippen molar-refractivity contribution < 1.29 is 4.74 Å². The first kappa shape index (κ1) is 13.5. The SMILES string of the molecule is COC(N)=NC1CCc2cccc(-c3cncnc3)c2C1. The van der Waals surface area contributed by atoms with Crippen LogP contribution in [0.4, 0.5) is 0 Å². The number of aliphatic imine (C=N–C) groups is 1. The summed E-state index contributed by atoms with van der Waals surface area (Å²) >= 11 is 0. The number of aromatic nitrogens is 2. The number of aryl methyl sites for hydroxylation is 1. The van der Waals surface area contributed by atoms with E-state index in [-0.39, 0.29) is 12.1 Å². The summed E-state index contributed by atoms with van der Waals surface area (Å²) in [6.45, 7) is 0. The van der Waals surface area contributed by atoms with Crippen LogP contribution in [-0.2, 0) is 17.6 Å². The van der Waals surface area contributed by atoms with Crippen LogP contribution < -0.4 is 5.73 Å². The second-order valence-corrected chi connectivity index (χ2v) is 5.14. The molecule has 1 heterocycles. The molecule has 3 rings (SSSR count). The number of nitrogens with zero attached hydrogens (tertiary/aromatic N) is 3. The normalized spacial score (nSPS) is 18.1. The number of rotatable bonds is 2. The first-order chi connectivity index (χ1) is 10.3. The van der Waals surface area contributed by atoms with Gasteiger partial charge in [-0.05, 0) is 36.0 Å². The zero-order valence-corrected chi connectivity index (χ0v) is 12.0. The van der Waals surface area contributed by atoms with Gasteiger partial charge in [-0.2, -0.15) is 0 Å². The fourth-order valence-electron chi connectivity index (χ4n) is 2.82. The molecule has 1 unspecified atom stereocenters. The van der Waals surface area contributed by atoms with E-state index in [9.17, 15) is 0 Å².